The Morgan fingerprint density at radius 2 is 1.90 bits per heavy atom. The Bertz CT molecular complexity index is 855. The second kappa shape index (κ2) is 5.07. The highest BCUT2D eigenvalue weighted by Crippen LogP contribution is 2.23. The van der Waals surface area contributed by atoms with E-state index in [4.69, 9.17) is 12.2 Å². The summed E-state index contributed by atoms with van der Waals surface area (Å²) < 4.78 is 30.6. The number of hydrogen-bond acceptors (Lipinski definition) is 2. The summed E-state index contributed by atoms with van der Waals surface area (Å²) in [5.74, 6) is -1.28. The van der Waals surface area contributed by atoms with Crippen molar-refractivity contribution in [1.82, 2.24) is 19.3 Å². The smallest absolute Gasteiger partial charge is 0.184 e. The van der Waals surface area contributed by atoms with Crippen LogP contribution in [0.2, 0.25) is 0 Å². The van der Waals surface area contributed by atoms with Gasteiger partial charge in [0.15, 0.2) is 10.4 Å². The zero-order chi connectivity index (χ0) is 15.1. The van der Waals surface area contributed by atoms with Crippen LogP contribution in [0.25, 0.3) is 16.9 Å². The van der Waals surface area contributed by atoms with Gasteiger partial charge < -0.3 is 4.98 Å². The maximum absolute atomic E-state index is 13.5. The molecule has 0 aliphatic carbocycles. The van der Waals surface area contributed by atoms with Crippen molar-refractivity contribution in [2.45, 2.75) is 19.8 Å². The largest absolute Gasteiger partial charge is 0.327 e. The lowest BCUT2D eigenvalue weighted by Crippen LogP contribution is -2.02. The van der Waals surface area contributed by atoms with E-state index in [2.05, 4.69) is 17.0 Å². The molecule has 0 bridgehead atoms. The highest BCUT2D eigenvalue weighted by molar-refractivity contribution is 7.71. The molecule has 0 radical (unpaired) electrons. The molecule has 0 amide bonds. The Kier molecular flexibility index (Phi) is 3.36. The molecule has 0 fully saturated rings. The van der Waals surface area contributed by atoms with Crippen LogP contribution in [-0.4, -0.2) is 19.3 Å². The number of aryl methyl sites for hydroxylation is 2. The highest BCUT2D eigenvalue weighted by atomic mass is 32.1. The van der Waals surface area contributed by atoms with Crippen molar-refractivity contribution in [3.8, 4) is 5.69 Å². The molecule has 4 nitrogen and oxygen atoms in total. The van der Waals surface area contributed by atoms with Gasteiger partial charge in [-0.1, -0.05) is 13.3 Å². The minimum absolute atomic E-state index is 0.342. The van der Waals surface area contributed by atoms with Gasteiger partial charge >= 0.3 is 0 Å². The molecule has 0 saturated carbocycles. The molecule has 0 spiro atoms. The number of benzene rings is 1. The molecule has 0 saturated heterocycles. The summed E-state index contributed by atoms with van der Waals surface area (Å²) in [5, 5.41) is 4.44. The minimum Gasteiger partial charge on any atom is -0.327 e. The Morgan fingerprint density at radius 1 is 1.24 bits per heavy atom. The van der Waals surface area contributed by atoms with Crippen molar-refractivity contribution in [3.05, 3.63) is 40.3 Å². The number of fused-ring (bicyclic) bond motifs is 1. The zero-order valence-electron chi connectivity index (χ0n) is 11.7. The molecule has 0 unspecified atom stereocenters. The van der Waals surface area contributed by atoms with Gasteiger partial charge in [0.05, 0.1) is 11.4 Å². The number of nitrogens with one attached hydrogen (secondary N) is 1. The molecular weight excluding hydrogens is 294 g/mol. The van der Waals surface area contributed by atoms with Crippen molar-refractivity contribution < 1.29 is 8.78 Å². The monoisotopic (exact) mass is 308 g/mol. The van der Waals surface area contributed by atoms with Crippen LogP contribution in [-0.2, 0) is 13.5 Å². The van der Waals surface area contributed by atoms with Crippen LogP contribution < -0.4 is 0 Å². The molecule has 0 aliphatic rings. The number of halogens is 2. The first kappa shape index (κ1) is 13.9. The van der Waals surface area contributed by atoms with E-state index >= 15 is 0 Å². The number of aromatic amines is 1. The van der Waals surface area contributed by atoms with Gasteiger partial charge in [-0.15, -0.1) is 0 Å². The van der Waals surface area contributed by atoms with Crippen LogP contribution in [0.1, 0.15) is 19.0 Å². The van der Waals surface area contributed by atoms with Crippen molar-refractivity contribution in [2.24, 2.45) is 7.05 Å². The lowest BCUT2D eigenvalue weighted by atomic mass is 10.2. The van der Waals surface area contributed by atoms with Crippen LogP contribution in [0.15, 0.2) is 18.2 Å². The molecule has 110 valence electrons. The molecule has 2 heterocycles. The first-order chi connectivity index (χ1) is 10.0. The van der Waals surface area contributed by atoms with Gasteiger partial charge in [0.1, 0.15) is 17.2 Å². The fourth-order valence-electron chi connectivity index (χ4n) is 2.53. The van der Waals surface area contributed by atoms with Crippen LogP contribution in [0.3, 0.4) is 0 Å². The Morgan fingerprint density at radius 3 is 2.52 bits per heavy atom. The Labute approximate surface area is 125 Å². The van der Waals surface area contributed by atoms with Gasteiger partial charge in [-0.3, -0.25) is 4.57 Å². The molecule has 7 heteroatoms. The van der Waals surface area contributed by atoms with E-state index in [1.165, 1.54) is 12.1 Å². The second-order valence-electron chi connectivity index (χ2n) is 4.91. The van der Waals surface area contributed by atoms with Crippen molar-refractivity contribution >= 4 is 23.4 Å². The summed E-state index contributed by atoms with van der Waals surface area (Å²) in [6.45, 7) is 2.06. The van der Waals surface area contributed by atoms with E-state index in [0.717, 1.165) is 30.1 Å². The first-order valence-corrected chi connectivity index (χ1v) is 7.05. The summed E-state index contributed by atoms with van der Waals surface area (Å²) in [4.78, 5) is 3.09. The molecule has 3 aromatic rings. The van der Waals surface area contributed by atoms with Gasteiger partial charge in [-0.05, 0) is 30.8 Å². The lowest BCUT2D eigenvalue weighted by molar-refractivity contribution is 0.581. The number of nitrogens with zero attached hydrogens (tertiary/aromatic N) is 3. The summed E-state index contributed by atoms with van der Waals surface area (Å²) in [6.07, 6.45) is 1.76. The molecule has 3 rings (SSSR count). The average Bonchev–Trinajstić information content (AvgIpc) is 2.87. The molecule has 1 aromatic carbocycles. The summed E-state index contributed by atoms with van der Waals surface area (Å²) >= 11 is 5.30. The van der Waals surface area contributed by atoms with Gasteiger partial charge in [-0.2, -0.15) is 5.10 Å². The summed E-state index contributed by atoms with van der Waals surface area (Å²) in [5.41, 5.74) is 2.76. The second-order valence-corrected chi connectivity index (χ2v) is 5.30. The van der Waals surface area contributed by atoms with Crippen LogP contribution in [0.5, 0.6) is 0 Å². The number of hydrogen-bond donors (Lipinski definition) is 1. The number of rotatable bonds is 3. The topological polar surface area (TPSA) is 38.5 Å². The van der Waals surface area contributed by atoms with Gasteiger partial charge in [-0.25, -0.2) is 13.5 Å². The van der Waals surface area contributed by atoms with E-state index in [9.17, 15) is 8.78 Å². The van der Waals surface area contributed by atoms with Crippen molar-refractivity contribution in [1.29, 1.82) is 0 Å². The molecule has 2 aromatic heterocycles. The van der Waals surface area contributed by atoms with Crippen molar-refractivity contribution in [3.63, 3.8) is 0 Å². The standard InChI is InChI=1S/C14H14F2N4S/c1-3-4-11-12-13(19(2)18-11)20(14(21)17-12)10-6-8(15)5-9(16)7-10/h5-7H,3-4H2,1-2H3,(H,17,21). The van der Waals surface area contributed by atoms with E-state index in [1.54, 1.807) is 16.3 Å². The van der Waals surface area contributed by atoms with Crippen LogP contribution in [0, 0.1) is 16.4 Å². The fourth-order valence-corrected chi connectivity index (χ4v) is 2.83. The lowest BCUT2D eigenvalue weighted by Gasteiger charge is -2.05. The third-order valence-corrected chi connectivity index (χ3v) is 3.61. The Balaban J connectivity index is 2.32. The zero-order valence-corrected chi connectivity index (χ0v) is 12.5. The predicted molar refractivity (Wildman–Crippen MR) is 79.1 cm³/mol. The van der Waals surface area contributed by atoms with E-state index < -0.39 is 11.6 Å². The number of imidazole rings is 1. The van der Waals surface area contributed by atoms with Crippen LogP contribution in [0.4, 0.5) is 8.78 Å². The van der Waals surface area contributed by atoms with E-state index in [-0.39, 0.29) is 0 Å². The molecule has 0 atom stereocenters. The summed E-state index contributed by atoms with van der Waals surface area (Å²) in [6, 6.07) is 3.33. The van der Waals surface area contributed by atoms with E-state index in [0.29, 0.717) is 16.1 Å². The maximum atomic E-state index is 13.5. The predicted octanol–water partition coefficient (Wildman–Crippen LogP) is 3.65. The van der Waals surface area contributed by atoms with Gasteiger partial charge in [0, 0.05) is 13.1 Å². The number of H-pyrrole nitrogens is 1. The van der Waals surface area contributed by atoms with Crippen molar-refractivity contribution in [2.75, 3.05) is 0 Å². The first-order valence-electron chi connectivity index (χ1n) is 6.64. The fraction of sp³-hybridized carbons (Fsp3) is 0.286. The van der Waals surface area contributed by atoms with Gasteiger partial charge in [0.25, 0.3) is 0 Å². The maximum Gasteiger partial charge on any atom is 0.184 e. The minimum atomic E-state index is -0.641. The SMILES string of the molecule is CCCc1nn(C)c2c1[nH]c(=S)n2-c1cc(F)cc(F)c1. The molecule has 1 N–H and O–H groups in total. The molecular formula is C14H14F2N4S. The molecule has 0 aliphatic heterocycles. The van der Waals surface area contributed by atoms with E-state index in [1.807, 2.05) is 0 Å². The quantitative estimate of drug-likeness (QED) is 0.750. The number of aromatic nitrogens is 4. The van der Waals surface area contributed by atoms with Crippen LogP contribution >= 0.6 is 12.2 Å². The summed E-state index contributed by atoms with van der Waals surface area (Å²) in [7, 11) is 1.79. The van der Waals surface area contributed by atoms with Gasteiger partial charge in [0.2, 0.25) is 0 Å². The average molecular weight is 308 g/mol. The third-order valence-electron chi connectivity index (χ3n) is 3.33. The Hall–Kier alpha value is -2.02. The highest BCUT2D eigenvalue weighted by Gasteiger charge is 2.16. The third kappa shape index (κ3) is 2.27. The normalized spacial score (nSPS) is 11.4. The molecule has 21 heavy (non-hydrogen) atoms.